The van der Waals surface area contributed by atoms with Gasteiger partial charge >= 0.3 is 6.03 Å². The van der Waals surface area contributed by atoms with Crippen LogP contribution in [0.15, 0.2) is 54.6 Å². The van der Waals surface area contributed by atoms with E-state index in [0.717, 1.165) is 11.3 Å². The summed E-state index contributed by atoms with van der Waals surface area (Å²) in [6.45, 7) is 2.54. The molecule has 2 N–H and O–H groups in total. The van der Waals surface area contributed by atoms with Crippen molar-refractivity contribution in [3.63, 3.8) is 0 Å². The molecule has 2 aromatic rings. The molecular weight excluding hydrogens is 224 g/mol. The van der Waals surface area contributed by atoms with E-state index in [1.54, 1.807) is 0 Å². The van der Waals surface area contributed by atoms with Crippen LogP contribution in [0.5, 0.6) is 0 Å². The minimum Gasteiger partial charge on any atom is -0.334 e. The van der Waals surface area contributed by atoms with E-state index < -0.39 is 0 Å². The molecule has 0 bridgehead atoms. The first kappa shape index (κ1) is 12.2. The number of carbonyl (C=O) groups excluding carboxylic acids is 1. The molecule has 0 radical (unpaired) electrons. The average Bonchev–Trinajstić information content (AvgIpc) is 2.40. The van der Waals surface area contributed by atoms with E-state index in [2.05, 4.69) is 10.6 Å². The average molecular weight is 240 g/mol. The standard InChI is InChI=1S/C15H16N2O/c1-12-7-9-14(10-8-12)17-15(18)16-11-13-5-3-2-4-6-13/h2-10H,11H2,1H3,(H2,16,17,18). The minimum absolute atomic E-state index is 0.192. The van der Waals surface area contributed by atoms with Crippen LogP contribution in [0.1, 0.15) is 11.1 Å². The van der Waals surface area contributed by atoms with Crippen molar-refractivity contribution in [2.75, 3.05) is 5.32 Å². The predicted octanol–water partition coefficient (Wildman–Crippen LogP) is 3.32. The number of urea groups is 1. The third kappa shape index (κ3) is 3.63. The number of nitrogens with one attached hydrogen (secondary N) is 2. The molecule has 18 heavy (non-hydrogen) atoms. The first-order chi connectivity index (χ1) is 8.74. The zero-order valence-corrected chi connectivity index (χ0v) is 10.3. The van der Waals surface area contributed by atoms with Gasteiger partial charge in [-0.15, -0.1) is 0 Å². The second kappa shape index (κ2) is 5.87. The summed E-state index contributed by atoms with van der Waals surface area (Å²) < 4.78 is 0. The van der Waals surface area contributed by atoms with Crippen molar-refractivity contribution in [1.29, 1.82) is 0 Å². The molecule has 3 nitrogen and oxygen atoms in total. The third-order valence-electron chi connectivity index (χ3n) is 2.61. The fourth-order valence-electron chi connectivity index (χ4n) is 1.59. The van der Waals surface area contributed by atoms with E-state index in [9.17, 15) is 4.79 Å². The normalized spacial score (nSPS) is 9.83. The number of aryl methyl sites for hydroxylation is 1. The van der Waals surface area contributed by atoms with Crippen molar-refractivity contribution in [2.45, 2.75) is 13.5 Å². The molecule has 0 aliphatic carbocycles. The Hall–Kier alpha value is -2.29. The van der Waals surface area contributed by atoms with Gasteiger partial charge < -0.3 is 10.6 Å². The predicted molar refractivity (Wildman–Crippen MR) is 73.5 cm³/mol. The van der Waals surface area contributed by atoms with Gasteiger partial charge in [0, 0.05) is 12.2 Å². The molecule has 0 saturated carbocycles. The van der Waals surface area contributed by atoms with E-state index >= 15 is 0 Å². The molecule has 3 heteroatoms. The number of rotatable bonds is 3. The Morgan fingerprint density at radius 2 is 1.67 bits per heavy atom. The highest BCUT2D eigenvalue weighted by molar-refractivity contribution is 5.89. The monoisotopic (exact) mass is 240 g/mol. The highest BCUT2D eigenvalue weighted by Gasteiger charge is 2.00. The van der Waals surface area contributed by atoms with Gasteiger partial charge in [0.1, 0.15) is 0 Å². The maximum absolute atomic E-state index is 11.6. The van der Waals surface area contributed by atoms with Crippen molar-refractivity contribution in [1.82, 2.24) is 5.32 Å². The Morgan fingerprint density at radius 3 is 2.33 bits per heavy atom. The lowest BCUT2D eigenvalue weighted by atomic mass is 10.2. The van der Waals surface area contributed by atoms with Crippen LogP contribution in [-0.4, -0.2) is 6.03 Å². The first-order valence-electron chi connectivity index (χ1n) is 5.89. The van der Waals surface area contributed by atoms with Crippen molar-refractivity contribution >= 4 is 11.7 Å². The SMILES string of the molecule is Cc1ccc(NC(=O)NCc2ccccc2)cc1. The van der Waals surface area contributed by atoms with Crippen LogP contribution in [0.3, 0.4) is 0 Å². The molecule has 2 aromatic carbocycles. The van der Waals surface area contributed by atoms with Gasteiger partial charge in [-0.05, 0) is 24.6 Å². The van der Waals surface area contributed by atoms with Crippen molar-refractivity contribution in [2.24, 2.45) is 0 Å². The highest BCUT2D eigenvalue weighted by Crippen LogP contribution is 2.08. The molecule has 0 spiro atoms. The lowest BCUT2D eigenvalue weighted by molar-refractivity contribution is 0.251. The summed E-state index contributed by atoms with van der Waals surface area (Å²) in [7, 11) is 0. The highest BCUT2D eigenvalue weighted by atomic mass is 16.2. The summed E-state index contributed by atoms with van der Waals surface area (Å²) in [5.41, 5.74) is 3.05. The molecule has 0 heterocycles. The number of amides is 2. The van der Waals surface area contributed by atoms with E-state index in [-0.39, 0.29) is 6.03 Å². The summed E-state index contributed by atoms with van der Waals surface area (Å²) in [5, 5.41) is 5.60. The molecule has 0 fully saturated rings. The van der Waals surface area contributed by atoms with Crippen molar-refractivity contribution in [3.05, 3.63) is 65.7 Å². The van der Waals surface area contributed by atoms with Crippen molar-refractivity contribution in [3.8, 4) is 0 Å². The smallest absolute Gasteiger partial charge is 0.319 e. The molecule has 0 unspecified atom stereocenters. The van der Waals surface area contributed by atoms with Gasteiger partial charge in [-0.2, -0.15) is 0 Å². The van der Waals surface area contributed by atoms with Gasteiger partial charge in [0.25, 0.3) is 0 Å². The van der Waals surface area contributed by atoms with E-state index in [4.69, 9.17) is 0 Å². The number of hydrogen-bond donors (Lipinski definition) is 2. The van der Waals surface area contributed by atoms with Gasteiger partial charge in [0.15, 0.2) is 0 Å². The molecule has 0 aliphatic rings. The van der Waals surface area contributed by atoms with E-state index in [1.807, 2.05) is 61.5 Å². The fraction of sp³-hybridized carbons (Fsp3) is 0.133. The zero-order valence-electron chi connectivity index (χ0n) is 10.3. The van der Waals surface area contributed by atoms with Crippen molar-refractivity contribution < 1.29 is 4.79 Å². The van der Waals surface area contributed by atoms with Crippen LogP contribution in [0.25, 0.3) is 0 Å². The second-order valence-electron chi connectivity index (χ2n) is 4.16. The lowest BCUT2D eigenvalue weighted by Crippen LogP contribution is -2.28. The summed E-state index contributed by atoms with van der Waals surface area (Å²) in [6, 6.07) is 17.3. The van der Waals surface area contributed by atoms with Gasteiger partial charge in [0.05, 0.1) is 0 Å². The molecule has 0 saturated heterocycles. The molecule has 2 amide bonds. The number of carbonyl (C=O) groups is 1. The van der Waals surface area contributed by atoms with Gasteiger partial charge in [-0.25, -0.2) is 4.79 Å². The largest absolute Gasteiger partial charge is 0.334 e. The van der Waals surface area contributed by atoms with Crippen LogP contribution >= 0.6 is 0 Å². The Kier molecular flexibility index (Phi) is 3.97. The number of hydrogen-bond acceptors (Lipinski definition) is 1. The molecule has 92 valence electrons. The van der Waals surface area contributed by atoms with E-state index in [0.29, 0.717) is 6.54 Å². The summed E-state index contributed by atoms with van der Waals surface area (Å²) in [4.78, 5) is 11.6. The lowest BCUT2D eigenvalue weighted by Gasteiger charge is -2.07. The molecule has 0 aliphatic heterocycles. The maximum atomic E-state index is 11.6. The Bertz CT molecular complexity index is 506. The molecule has 0 atom stereocenters. The first-order valence-corrected chi connectivity index (χ1v) is 5.89. The number of benzene rings is 2. The molecule has 0 aromatic heterocycles. The van der Waals surface area contributed by atoms with E-state index in [1.165, 1.54) is 5.56 Å². The van der Waals surface area contributed by atoms with Crippen LogP contribution in [0, 0.1) is 6.92 Å². The Balaban J connectivity index is 1.84. The summed E-state index contributed by atoms with van der Waals surface area (Å²) in [5.74, 6) is 0. The summed E-state index contributed by atoms with van der Waals surface area (Å²) in [6.07, 6.45) is 0. The van der Waals surface area contributed by atoms with Crippen LogP contribution in [0.2, 0.25) is 0 Å². The second-order valence-corrected chi connectivity index (χ2v) is 4.16. The minimum atomic E-state index is -0.192. The van der Waals surface area contributed by atoms with Gasteiger partial charge in [-0.3, -0.25) is 0 Å². The third-order valence-corrected chi connectivity index (χ3v) is 2.61. The topological polar surface area (TPSA) is 41.1 Å². The summed E-state index contributed by atoms with van der Waals surface area (Å²) >= 11 is 0. The Morgan fingerprint density at radius 1 is 1.00 bits per heavy atom. The zero-order chi connectivity index (χ0) is 12.8. The Labute approximate surface area is 107 Å². The fourth-order valence-corrected chi connectivity index (χ4v) is 1.59. The van der Waals surface area contributed by atoms with Gasteiger partial charge in [0.2, 0.25) is 0 Å². The van der Waals surface area contributed by atoms with Crippen LogP contribution in [0.4, 0.5) is 10.5 Å². The van der Waals surface area contributed by atoms with Crippen LogP contribution < -0.4 is 10.6 Å². The van der Waals surface area contributed by atoms with Crippen LogP contribution in [-0.2, 0) is 6.54 Å². The maximum Gasteiger partial charge on any atom is 0.319 e. The number of anilines is 1. The molecule has 2 rings (SSSR count). The molecular formula is C15H16N2O. The quantitative estimate of drug-likeness (QED) is 0.849. The van der Waals surface area contributed by atoms with Gasteiger partial charge in [-0.1, -0.05) is 48.0 Å².